The van der Waals surface area contributed by atoms with E-state index in [0.717, 1.165) is 30.1 Å². The number of rotatable bonds is 5. The average molecular weight is 596 g/mol. The van der Waals surface area contributed by atoms with Gasteiger partial charge in [0.05, 0.1) is 36.5 Å². The van der Waals surface area contributed by atoms with E-state index in [1.54, 1.807) is 0 Å². The number of nitrogens with two attached hydrogens (primary N) is 1. The van der Waals surface area contributed by atoms with Crippen LogP contribution in [0.5, 0.6) is 5.75 Å². The first kappa shape index (κ1) is 29.8. The lowest BCUT2D eigenvalue weighted by molar-refractivity contribution is -0.249. The van der Waals surface area contributed by atoms with Crippen molar-refractivity contribution in [3.63, 3.8) is 0 Å². The van der Waals surface area contributed by atoms with Crippen LogP contribution < -0.4 is 15.8 Å². The van der Waals surface area contributed by atoms with Gasteiger partial charge in [-0.2, -0.15) is 31.4 Å². The number of likely N-dealkylation sites (tertiary alicyclic amines) is 1. The van der Waals surface area contributed by atoms with Crippen molar-refractivity contribution in [1.29, 1.82) is 0 Å². The number of benzene rings is 1. The number of nitrogens with one attached hydrogen (secondary N) is 1. The molecule has 0 unspecified atom stereocenters. The summed E-state index contributed by atoms with van der Waals surface area (Å²) in [6.45, 7) is -1.49. The third-order valence-electron chi connectivity index (χ3n) is 6.50. The minimum absolute atomic E-state index is 0.196. The number of ether oxygens (including phenoxy) is 1. The zero-order valence-corrected chi connectivity index (χ0v) is 20.9. The molecule has 18 heteroatoms. The fraction of sp³-hybridized carbons (Fsp3) is 0.391. The zero-order chi connectivity index (χ0) is 30.7. The predicted molar refractivity (Wildman–Crippen MR) is 124 cm³/mol. The van der Waals surface area contributed by atoms with E-state index in [1.807, 2.05) is 0 Å². The van der Waals surface area contributed by atoms with Crippen LogP contribution >= 0.6 is 0 Å². The van der Waals surface area contributed by atoms with Crippen molar-refractivity contribution in [2.75, 3.05) is 25.9 Å². The van der Waals surface area contributed by atoms with E-state index in [2.05, 4.69) is 15.4 Å². The third-order valence-corrected chi connectivity index (χ3v) is 6.50. The number of aromatic nitrogens is 3. The monoisotopic (exact) mass is 596 g/mol. The molecule has 1 aliphatic heterocycles. The molecule has 0 radical (unpaired) electrons. The zero-order valence-electron chi connectivity index (χ0n) is 20.9. The second-order valence-corrected chi connectivity index (χ2v) is 9.26. The topological polar surface area (TPSA) is 135 Å². The Morgan fingerprint density at radius 2 is 1.80 bits per heavy atom. The molecule has 0 bridgehead atoms. The highest BCUT2D eigenvalue weighted by atomic mass is 19.4. The molecule has 222 valence electrons. The number of hydrogen-bond acceptors (Lipinski definition) is 7. The highest BCUT2D eigenvalue weighted by molar-refractivity contribution is 5.99. The van der Waals surface area contributed by atoms with Crippen molar-refractivity contribution in [3.8, 4) is 17.0 Å². The molecule has 0 spiro atoms. The van der Waals surface area contributed by atoms with Crippen LogP contribution in [0.3, 0.4) is 0 Å². The van der Waals surface area contributed by atoms with Crippen LogP contribution in [-0.2, 0) is 11.0 Å². The van der Waals surface area contributed by atoms with Crippen LogP contribution in [0.4, 0.5) is 40.9 Å². The first-order chi connectivity index (χ1) is 18.9. The van der Waals surface area contributed by atoms with Gasteiger partial charge in [-0.15, -0.1) is 0 Å². The van der Waals surface area contributed by atoms with E-state index in [4.69, 9.17) is 10.5 Å². The number of nitrogen functional groups attached to an aromatic ring is 1. The maximum atomic E-state index is 15.0. The molecule has 2 amide bonds. The van der Waals surface area contributed by atoms with Gasteiger partial charge in [0.25, 0.3) is 11.8 Å². The Labute approximate surface area is 224 Å². The lowest BCUT2D eigenvalue weighted by atomic mass is 10.0. The van der Waals surface area contributed by atoms with Crippen LogP contribution in [0.15, 0.2) is 24.5 Å². The number of anilines is 1. The van der Waals surface area contributed by atoms with Crippen LogP contribution in [0.1, 0.15) is 22.8 Å². The van der Waals surface area contributed by atoms with Gasteiger partial charge in [0.15, 0.2) is 17.4 Å². The summed E-state index contributed by atoms with van der Waals surface area (Å²) in [6.07, 6.45) is -11.5. The Morgan fingerprint density at radius 1 is 1.15 bits per heavy atom. The summed E-state index contributed by atoms with van der Waals surface area (Å²) in [6, 6.07) is 0.693. The van der Waals surface area contributed by atoms with Gasteiger partial charge in [0, 0.05) is 12.1 Å². The van der Waals surface area contributed by atoms with E-state index < -0.39 is 89.1 Å². The lowest BCUT2D eigenvalue weighted by Crippen LogP contribution is -2.56. The molecule has 3 heterocycles. The molecule has 1 aromatic carbocycles. The third kappa shape index (κ3) is 5.18. The number of carbonyl (C=O) groups is 2. The van der Waals surface area contributed by atoms with Crippen molar-refractivity contribution >= 4 is 23.1 Å². The molecular weight excluding hydrogens is 576 g/mol. The molecule has 4 rings (SSSR count). The molecule has 2 aromatic heterocycles. The fourth-order valence-electron chi connectivity index (χ4n) is 4.35. The summed E-state index contributed by atoms with van der Waals surface area (Å²) < 4.78 is 116. The van der Waals surface area contributed by atoms with E-state index in [9.17, 15) is 45.4 Å². The number of amides is 2. The van der Waals surface area contributed by atoms with Crippen molar-refractivity contribution in [2.45, 2.75) is 37.1 Å². The molecule has 10 nitrogen and oxygen atoms in total. The Balaban J connectivity index is 1.69. The van der Waals surface area contributed by atoms with Crippen molar-refractivity contribution in [1.82, 2.24) is 24.8 Å². The predicted octanol–water partition coefficient (Wildman–Crippen LogP) is 2.74. The molecule has 3 atom stereocenters. The van der Waals surface area contributed by atoms with Gasteiger partial charge in [-0.05, 0) is 25.1 Å². The molecular formula is C23H20F8N6O4. The number of nitrogens with zero attached hydrogens (tertiary/aromatic N) is 4. The van der Waals surface area contributed by atoms with Gasteiger partial charge in [-0.3, -0.25) is 9.59 Å². The summed E-state index contributed by atoms with van der Waals surface area (Å²) in [7, 11) is 0.977. The molecule has 0 saturated carbocycles. The van der Waals surface area contributed by atoms with Crippen molar-refractivity contribution in [3.05, 3.63) is 41.5 Å². The lowest BCUT2D eigenvalue weighted by Gasteiger charge is -2.29. The average Bonchev–Trinajstić information content (AvgIpc) is 3.44. The Morgan fingerprint density at radius 3 is 2.39 bits per heavy atom. The summed E-state index contributed by atoms with van der Waals surface area (Å²) in [5, 5.41) is 15.5. The Bertz CT molecular complexity index is 1520. The summed E-state index contributed by atoms with van der Waals surface area (Å²) in [5.74, 6) is -5.50. The smallest absolute Gasteiger partial charge is 0.426 e. The number of hydrogen-bond donors (Lipinski definition) is 3. The van der Waals surface area contributed by atoms with E-state index in [1.165, 1.54) is 0 Å². The fourth-order valence-corrected chi connectivity index (χ4v) is 4.35. The van der Waals surface area contributed by atoms with Gasteiger partial charge < -0.3 is 25.8 Å². The molecule has 3 aromatic rings. The summed E-state index contributed by atoms with van der Waals surface area (Å²) in [4.78, 5) is 29.2. The number of methoxy groups -OCH3 is 1. The Hall–Kier alpha value is -4.22. The van der Waals surface area contributed by atoms with Gasteiger partial charge in [-0.25, -0.2) is 18.3 Å². The molecule has 4 N–H and O–H groups in total. The van der Waals surface area contributed by atoms with Gasteiger partial charge in [-0.1, -0.05) is 0 Å². The maximum Gasteiger partial charge on any atom is 0.426 e. The van der Waals surface area contributed by atoms with Crippen LogP contribution in [-0.4, -0.2) is 80.6 Å². The normalized spacial score (nSPS) is 19.3. The highest BCUT2D eigenvalue weighted by Gasteiger charge is 2.58. The van der Waals surface area contributed by atoms with E-state index in [0.29, 0.717) is 11.0 Å². The Kier molecular flexibility index (Phi) is 7.26. The first-order valence-electron chi connectivity index (χ1n) is 11.5. The summed E-state index contributed by atoms with van der Waals surface area (Å²) in [5.41, 5.74) is -1.38. The van der Waals surface area contributed by atoms with E-state index in [-0.39, 0.29) is 18.2 Å². The standard InChI is InChI=1S/C23H20F8N6O4/c1-21(40,23(29,30)31)20(39)36-6-13(25)14(7-36)35-19(38)10-3-9(4-12(24)17(10)41-2)15-5-11(22(26,27)28)16-18(32)33-8-34-37(15)16/h3-5,8,13-14,40H,6-7H2,1-2H3,(H,35,38)(H2,32,33,34)/t13-,14+,21+/m0/s1. The second kappa shape index (κ2) is 10.0. The molecule has 0 aliphatic carbocycles. The minimum atomic E-state index is -5.37. The SMILES string of the molecule is COc1c(F)cc(-c2cc(C(F)(F)F)c3c(N)ncnn23)cc1C(=O)N[C@@H]1CN(C(=O)[C@@](C)(O)C(F)(F)F)C[C@@H]1F. The van der Waals surface area contributed by atoms with Crippen LogP contribution in [0, 0.1) is 5.82 Å². The van der Waals surface area contributed by atoms with Gasteiger partial charge in [0.1, 0.15) is 18.0 Å². The largest absolute Gasteiger partial charge is 0.493 e. The van der Waals surface area contributed by atoms with Gasteiger partial charge in [0.2, 0.25) is 5.60 Å². The number of halogens is 8. The first-order valence-corrected chi connectivity index (χ1v) is 11.5. The molecule has 1 fully saturated rings. The second-order valence-electron chi connectivity index (χ2n) is 9.26. The molecule has 41 heavy (non-hydrogen) atoms. The minimum Gasteiger partial charge on any atom is -0.493 e. The van der Waals surface area contributed by atoms with Gasteiger partial charge >= 0.3 is 12.4 Å². The highest BCUT2D eigenvalue weighted by Crippen LogP contribution is 2.40. The van der Waals surface area contributed by atoms with Crippen LogP contribution in [0.25, 0.3) is 16.8 Å². The number of alkyl halides is 7. The quantitative estimate of drug-likeness (QED) is 0.386. The summed E-state index contributed by atoms with van der Waals surface area (Å²) >= 11 is 0. The maximum absolute atomic E-state index is 15.0. The van der Waals surface area contributed by atoms with Crippen LogP contribution in [0.2, 0.25) is 0 Å². The molecule has 1 saturated heterocycles. The number of aliphatic hydroxyl groups is 1. The number of carbonyl (C=O) groups excluding carboxylic acids is 2. The van der Waals surface area contributed by atoms with Crippen molar-refractivity contribution in [2.24, 2.45) is 0 Å². The molecule has 1 aliphatic rings. The van der Waals surface area contributed by atoms with E-state index >= 15 is 4.39 Å². The number of fused-ring (bicyclic) bond motifs is 1. The van der Waals surface area contributed by atoms with Crippen molar-refractivity contribution < 1.29 is 54.6 Å².